The number of thiophene rings is 2. The molecule has 11 aromatic rings. The Hall–Kier alpha value is -6.12. The third-order valence-corrected chi connectivity index (χ3v) is 13.7. The molecule has 0 saturated heterocycles. The number of hydrogen-bond acceptors (Lipinski definition) is 6. The maximum Gasteiger partial charge on any atom is 0.143 e. The van der Waals surface area contributed by atoms with Crippen LogP contribution < -0.4 is 16.4 Å². The van der Waals surface area contributed by atoms with Crippen LogP contribution >= 0.6 is 22.7 Å². The van der Waals surface area contributed by atoms with Crippen LogP contribution in [0.4, 0.5) is 0 Å². The van der Waals surface area contributed by atoms with E-state index in [0.717, 1.165) is 38.6 Å². The summed E-state index contributed by atoms with van der Waals surface area (Å²) in [4.78, 5) is 0. The molecule has 3 heterocycles. The maximum atomic E-state index is 7.06. The predicted molar refractivity (Wildman–Crippen MR) is 243 cm³/mol. The van der Waals surface area contributed by atoms with Crippen LogP contribution in [0.2, 0.25) is 0 Å². The monoisotopic (exact) mass is 771 g/mol. The first kappa shape index (κ1) is 34.2. The lowest BCUT2D eigenvalue weighted by atomic mass is 9.98. The predicted octanol–water partition coefficient (Wildman–Crippen LogP) is 13.7. The molecule has 0 aliphatic rings. The van der Waals surface area contributed by atoms with Crippen molar-refractivity contribution in [2.24, 2.45) is 5.73 Å². The third-order valence-electron chi connectivity index (χ3n) is 11.2. The van der Waals surface area contributed by atoms with Crippen molar-refractivity contribution in [3.8, 4) is 22.3 Å². The van der Waals surface area contributed by atoms with E-state index >= 15 is 0 Å². The molecule has 0 aliphatic carbocycles. The quantitative estimate of drug-likeness (QED) is 0.128. The molecule has 2 unspecified atom stereocenters. The van der Waals surface area contributed by atoms with Crippen molar-refractivity contribution in [1.82, 2.24) is 10.6 Å². The van der Waals surface area contributed by atoms with Gasteiger partial charge in [-0.15, -0.1) is 22.7 Å². The molecule has 6 heteroatoms. The lowest BCUT2D eigenvalue weighted by Gasteiger charge is -2.25. The topological polar surface area (TPSA) is 63.2 Å². The number of nitrogens with one attached hydrogen (secondary N) is 2. The molecular weight excluding hydrogens is 735 g/mol. The van der Waals surface area contributed by atoms with Gasteiger partial charge in [0.2, 0.25) is 0 Å². The Balaban J connectivity index is 1.04. The van der Waals surface area contributed by atoms with Crippen LogP contribution in [0, 0.1) is 0 Å². The summed E-state index contributed by atoms with van der Waals surface area (Å²) in [6, 6.07) is 62.7. The van der Waals surface area contributed by atoms with E-state index in [-0.39, 0.29) is 6.17 Å². The molecule has 11 rings (SSSR count). The normalized spacial score (nSPS) is 13.1. The molecule has 0 spiro atoms. The van der Waals surface area contributed by atoms with Gasteiger partial charge in [-0.2, -0.15) is 0 Å². The molecule has 0 radical (unpaired) electrons. The molecule has 0 saturated carbocycles. The summed E-state index contributed by atoms with van der Waals surface area (Å²) in [7, 11) is 0. The lowest BCUT2D eigenvalue weighted by molar-refractivity contribution is 0.385. The van der Waals surface area contributed by atoms with Gasteiger partial charge in [-0.25, -0.2) is 0 Å². The molecule has 4 nitrogen and oxygen atoms in total. The van der Waals surface area contributed by atoms with Crippen molar-refractivity contribution >= 4 is 85.0 Å². The van der Waals surface area contributed by atoms with Crippen LogP contribution in [0.5, 0.6) is 0 Å². The number of benzene rings is 8. The minimum atomic E-state index is -0.392. The largest absolute Gasteiger partial charge is 0.455 e. The van der Waals surface area contributed by atoms with Crippen molar-refractivity contribution in [2.45, 2.75) is 18.9 Å². The molecule has 3 aromatic heterocycles. The molecule has 0 bridgehead atoms. The van der Waals surface area contributed by atoms with E-state index in [0.29, 0.717) is 6.54 Å². The molecule has 0 amide bonds. The Morgan fingerprint density at radius 1 is 0.491 bits per heavy atom. The van der Waals surface area contributed by atoms with E-state index in [4.69, 9.17) is 10.2 Å². The Morgan fingerprint density at radius 2 is 1.11 bits per heavy atom. The Labute approximate surface area is 337 Å². The van der Waals surface area contributed by atoms with Gasteiger partial charge >= 0.3 is 0 Å². The molecule has 57 heavy (non-hydrogen) atoms. The van der Waals surface area contributed by atoms with E-state index in [1.807, 2.05) is 46.9 Å². The van der Waals surface area contributed by atoms with Crippen LogP contribution in [0.3, 0.4) is 0 Å². The Bertz CT molecular complexity index is 3250. The fraction of sp³-hybridized carbons (Fsp3) is 0.0588. The smallest absolute Gasteiger partial charge is 0.143 e. The standard InChI is InChI=1S/C51H37N3OS2/c52-50(32-15-5-2-6-16-32)54-51(53-30-31-13-3-1-4-14-31)42-25-11-20-37-36-19-10-21-38(46(36)55-47(37)42)39-22-12-24-41-40-23-9-18-34(48(40)57-49(39)41)33-27-28-45-43(29-33)35-17-7-8-26-44(35)56-45/h1-29,50-51,53-54H,30,52H2. The molecule has 0 fully saturated rings. The number of rotatable bonds is 9. The summed E-state index contributed by atoms with van der Waals surface area (Å²) in [5.41, 5.74) is 16.5. The second kappa shape index (κ2) is 14.1. The molecule has 4 N–H and O–H groups in total. The highest BCUT2D eigenvalue weighted by Crippen LogP contribution is 2.47. The van der Waals surface area contributed by atoms with Gasteiger partial charge in [-0.3, -0.25) is 10.6 Å². The summed E-state index contributed by atoms with van der Waals surface area (Å²) in [6.45, 7) is 0.662. The summed E-state index contributed by atoms with van der Waals surface area (Å²) in [5, 5.41) is 14.8. The summed E-state index contributed by atoms with van der Waals surface area (Å²) < 4.78 is 12.3. The van der Waals surface area contributed by atoms with Gasteiger partial charge in [0.25, 0.3) is 0 Å². The van der Waals surface area contributed by atoms with E-state index in [1.54, 1.807) is 0 Å². The fourth-order valence-electron chi connectivity index (χ4n) is 8.45. The zero-order valence-corrected chi connectivity index (χ0v) is 32.5. The summed E-state index contributed by atoms with van der Waals surface area (Å²) in [5.74, 6) is 0. The van der Waals surface area contributed by atoms with Crippen molar-refractivity contribution in [1.29, 1.82) is 0 Å². The van der Waals surface area contributed by atoms with Crippen LogP contribution in [-0.4, -0.2) is 0 Å². The third kappa shape index (κ3) is 5.93. The highest BCUT2D eigenvalue weighted by atomic mass is 32.1. The van der Waals surface area contributed by atoms with Gasteiger partial charge in [0, 0.05) is 74.4 Å². The van der Waals surface area contributed by atoms with Gasteiger partial charge in [0.1, 0.15) is 11.2 Å². The van der Waals surface area contributed by atoms with Crippen LogP contribution in [0.15, 0.2) is 180 Å². The first-order valence-electron chi connectivity index (χ1n) is 19.3. The second-order valence-electron chi connectivity index (χ2n) is 14.6. The number of para-hydroxylation sites is 2. The maximum absolute atomic E-state index is 7.06. The number of fused-ring (bicyclic) bond motifs is 9. The Morgan fingerprint density at radius 3 is 1.91 bits per heavy atom. The first-order chi connectivity index (χ1) is 28.2. The summed E-state index contributed by atoms with van der Waals surface area (Å²) >= 11 is 3.74. The van der Waals surface area contributed by atoms with Gasteiger partial charge in [0.15, 0.2) is 0 Å². The molecule has 0 aliphatic heterocycles. The number of furan rings is 1. The summed E-state index contributed by atoms with van der Waals surface area (Å²) in [6.07, 6.45) is -0.680. The number of nitrogens with two attached hydrogens (primary N) is 1. The van der Waals surface area contributed by atoms with E-state index in [1.165, 1.54) is 62.6 Å². The van der Waals surface area contributed by atoms with E-state index < -0.39 is 6.17 Å². The van der Waals surface area contributed by atoms with Gasteiger partial charge in [0.05, 0.1) is 12.3 Å². The van der Waals surface area contributed by atoms with Gasteiger partial charge < -0.3 is 10.2 Å². The zero-order chi connectivity index (χ0) is 37.9. The van der Waals surface area contributed by atoms with Crippen molar-refractivity contribution in [2.75, 3.05) is 0 Å². The van der Waals surface area contributed by atoms with Crippen LogP contribution in [-0.2, 0) is 6.54 Å². The first-order valence-corrected chi connectivity index (χ1v) is 21.0. The average molecular weight is 772 g/mol. The van der Waals surface area contributed by atoms with Crippen LogP contribution in [0.1, 0.15) is 29.0 Å². The highest BCUT2D eigenvalue weighted by molar-refractivity contribution is 7.27. The molecule has 8 aromatic carbocycles. The minimum absolute atomic E-state index is 0.288. The van der Waals surface area contributed by atoms with E-state index in [2.05, 4.69) is 162 Å². The molecule has 2 atom stereocenters. The molecule has 274 valence electrons. The Kier molecular flexibility index (Phi) is 8.46. The lowest BCUT2D eigenvalue weighted by Crippen LogP contribution is -2.39. The highest BCUT2D eigenvalue weighted by Gasteiger charge is 2.23. The number of hydrogen-bond donors (Lipinski definition) is 3. The second-order valence-corrected chi connectivity index (χ2v) is 16.7. The zero-order valence-electron chi connectivity index (χ0n) is 30.9. The van der Waals surface area contributed by atoms with Crippen molar-refractivity contribution in [3.63, 3.8) is 0 Å². The van der Waals surface area contributed by atoms with Crippen molar-refractivity contribution in [3.05, 3.63) is 193 Å². The van der Waals surface area contributed by atoms with Crippen LogP contribution in [0.25, 0.3) is 84.5 Å². The molecular formula is C51H37N3OS2. The van der Waals surface area contributed by atoms with Gasteiger partial charge in [-0.05, 0) is 40.5 Å². The minimum Gasteiger partial charge on any atom is -0.455 e. The SMILES string of the molecule is NC(NC(NCc1ccccc1)c1cccc2c1oc1c(-c3cccc4c3sc3c(-c5ccc6sc7ccccc7c6c5)cccc34)cccc12)c1ccccc1. The van der Waals surface area contributed by atoms with Gasteiger partial charge in [-0.1, -0.05) is 158 Å². The average Bonchev–Trinajstić information content (AvgIpc) is 3.97. The van der Waals surface area contributed by atoms with Crippen molar-refractivity contribution < 1.29 is 4.42 Å². The van der Waals surface area contributed by atoms with E-state index in [9.17, 15) is 0 Å². The fourth-order valence-corrected chi connectivity index (χ4v) is 10.9.